The average Bonchev–Trinajstić information content (AvgIpc) is 2.79. The molecule has 0 aromatic heterocycles. The summed E-state index contributed by atoms with van der Waals surface area (Å²) < 4.78 is 10.4. The number of rotatable bonds is 3. The lowest BCUT2D eigenvalue weighted by Gasteiger charge is -2.26. The summed E-state index contributed by atoms with van der Waals surface area (Å²) in [5.74, 6) is -2.30. The summed E-state index contributed by atoms with van der Waals surface area (Å²) >= 11 is 0. The molecule has 0 amide bonds. The van der Waals surface area contributed by atoms with Crippen LogP contribution in [0.3, 0.4) is 0 Å². The van der Waals surface area contributed by atoms with E-state index in [2.05, 4.69) is 0 Å². The topological polar surface area (TPSA) is 76.0 Å². The van der Waals surface area contributed by atoms with Crippen LogP contribution in [-0.2, 0) is 0 Å². The minimum Gasteiger partial charge on any atom is -0.497 e. The van der Waals surface area contributed by atoms with Gasteiger partial charge in [-0.2, -0.15) is 0 Å². The molecule has 2 atom stereocenters. The zero-order valence-corrected chi connectivity index (χ0v) is 11.3. The minimum absolute atomic E-state index is 0.192. The van der Waals surface area contributed by atoms with Crippen LogP contribution in [0.5, 0.6) is 11.5 Å². The Kier molecular flexibility index (Phi) is 3.16. The summed E-state index contributed by atoms with van der Waals surface area (Å²) in [4.78, 5) is 12.4. The van der Waals surface area contributed by atoms with E-state index in [0.717, 1.165) is 0 Å². The second kappa shape index (κ2) is 4.87. The third-order valence-corrected chi connectivity index (χ3v) is 3.51. The fourth-order valence-electron chi connectivity index (χ4n) is 2.35. The van der Waals surface area contributed by atoms with Crippen LogP contribution in [0.15, 0.2) is 48.5 Å². The highest BCUT2D eigenvalue weighted by Crippen LogP contribution is 2.41. The molecule has 2 aromatic carbocycles. The lowest BCUT2D eigenvalue weighted by atomic mass is 9.96. The summed E-state index contributed by atoms with van der Waals surface area (Å²) in [7, 11) is 1.49. The molecular weight excluding hydrogens is 272 g/mol. The Labute approximate surface area is 121 Å². The minimum atomic E-state index is -2.32. The number of hydrogen-bond donors (Lipinski definition) is 2. The monoisotopic (exact) mass is 286 g/mol. The normalized spacial score (nSPS) is 21.6. The number of benzene rings is 2. The van der Waals surface area contributed by atoms with Gasteiger partial charge in [-0.3, -0.25) is 4.79 Å². The van der Waals surface area contributed by atoms with Crippen molar-refractivity contribution in [1.82, 2.24) is 0 Å². The van der Waals surface area contributed by atoms with Crippen molar-refractivity contribution in [2.75, 3.05) is 7.11 Å². The largest absolute Gasteiger partial charge is 0.497 e. The van der Waals surface area contributed by atoms with Gasteiger partial charge in [0.25, 0.3) is 0 Å². The summed E-state index contributed by atoms with van der Waals surface area (Å²) in [5, 5.41) is 20.8. The lowest BCUT2D eigenvalue weighted by molar-refractivity contribution is -0.163. The third kappa shape index (κ3) is 2.07. The number of carbonyl (C=O) groups is 1. The van der Waals surface area contributed by atoms with Crippen LogP contribution in [-0.4, -0.2) is 28.9 Å². The number of aliphatic hydroxyl groups is 2. The van der Waals surface area contributed by atoms with E-state index in [0.29, 0.717) is 11.3 Å². The Morgan fingerprint density at radius 2 is 1.90 bits per heavy atom. The predicted molar refractivity (Wildman–Crippen MR) is 74.3 cm³/mol. The molecule has 5 nitrogen and oxygen atoms in total. The maximum absolute atomic E-state index is 12.4. The Morgan fingerprint density at radius 1 is 1.19 bits per heavy atom. The van der Waals surface area contributed by atoms with Gasteiger partial charge in [0, 0.05) is 6.07 Å². The number of methoxy groups -OCH3 is 1. The molecule has 1 heterocycles. The maximum Gasteiger partial charge on any atom is 0.303 e. The third-order valence-electron chi connectivity index (χ3n) is 3.51. The summed E-state index contributed by atoms with van der Waals surface area (Å²) in [6.07, 6.45) is -1.48. The number of Topliss-reactive ketones (excluding diaryl/α,β-unsaturated/α-hetero) is 1. The zero-order valence-electron chi connectivity index (χ0n) is 11.3. The van der Waals surface area contributed by atoms with Crippen molar-refractivity contribution in [1.29, 1.82) is 0 Å². The quantitative estimate of drug-likeness (QED) is 0.898. The van der Waals surface area contributed by atoms with E-state index in [-0.39, 0.29) is 11.3 Å². The molecule has 0 spiro atoms. The van der Waals surface area contributed by atoms with Gasteiger partial charge in [-0.1, -0.05) is 30.3 Å². The molecule has 1 aliphatic rings. The highest BCUT2D eigenvalue weighted by Gasteiger charge is 2.53. The standard InChI is InChI=1S/C16H14O5/c1-20-11-7-8-12-13(9-11)21-16(19,15(12)18)14(17)10-5-3-2-4-6-10/h2-9,14,17,19H,1H3/t14-,16+/m0/s1. The van der Waals surface area contributed by atoms with Gasteiger partial charge >= 0.3 is 5.79 Å². The first kappa shape index (κ1) is 13.6. The van der Waals surface area contributed by atoms with Crippen LogP contribution < -0.4 is 9.47 Å². The molecule has 3 rings (SSSR count). The first-order valence-corrected chi connectivity index (χ1v) is 6.43. The maximum atomic E-state index is 12.4. The summed E-state index contributed by atoms with van der Waals surface area (Å²) in [6, 6.07) is 13.0. The number of aliphatic hydroxyl groups excluding tert-OH is 1. The van der Waals surface area contributed by atoms with Gasteiger partial charge in [-0.15, -0.1) is 0 Å². The Bertz CT molecular complexity index is 682. The number of hydrogen-bond acceptors (Lipinski definition) is 5. The lowest BCUT2D eigenvalue weighted by Crippen LogP contribution is -2.46. The molecule has 0 radical (unpaired) electrons. The van der Waals surface area contributed by atoms with E-state index in [4.69, 9.17) is 9.47 Å². The van der Waals surface area contributed by atoms with Crippen molar-refractivity contribution in [3.63, 3.8) is 0 Å². The van der Waals surface area contributed by atoms with E-state index < -0.39 is 17.7 Å². The molecule has 1 aliphatic heterocycles. The fraction of sp³-hybridized carbons (Fsp3) is 0.188. The van der Waals surface area contributed by atoms with Gasteiger partial charge < -0.3 is 19.7 Å². The van der Waals surface area contributed by atoms with E-state index in [1.54, 1.807) is 36.4 Å². The molecule has 5 heteroatoms. The smallest absolute Gasteiger partial charge is 0.303 e. The van der Waals surface area contributed by atoms with Crippen LogP contribution >= 0.6 is 0 Å². The van der Waals surface area contributed by atoms with E-state index in [1.807, 2.05) is 0 Å². The molecule has 108 valence electrons. The Morgan fingerprint density at radius 3 is 2.57 bits per heavy atom. The van der Waals surface area contributed by atoms with Gasteiger partial charge in [0.1, 0.15) is 11.5 Å². The van der Waals surface area contributed by atoms with Crippen molar-refractivity contribution in [2.45, 2.75) is 11.9 Å². The molecule has 0 saturated carbocycles. The number of fused-ring (bicyclic) bond motifs is 1. The SMILES string of the molecule is COc1ccc2c(c1)O[C@](O)([C@@H](O)c1ccccc1)C2=O. The second-order valence-corrected chi connectivity index (χ2v) is 4.80. The molecule has 0 unspecified atom stereocenters. The molecular formula is C16H14O5. The predicted octanol–water partition coefficient (Wildman–Crippen LogP) is 1.69. The van der Waals surface area contributed by atoms with Crippen LogP contribution in [0.25, 0.3) is 0 Å². The molecule has 0 aliphatic carbocycles. The van der Waals surface area contributed by atoms with Crippen LogP contribution in [0.1, 0.15) is 22.0 Å². The molecule has 0 saturated heterocycles. The first-order chi connectivity index (χ1) is 10.1. The van der Waals surface area contributed by atoms with E-state index in [1.165, 1.54) is 19.2 Å². The van der Waals surface area contributed by atoms with E-state index >= 15 is 0 Å². The highest BCUT2D eigenvalue weighted by molar-refractivity contribution is 6.07. The number of ketones is 1. The second-order valence-electron chi connectivity index (χ2n) is 4.80. The molecule has 0 fully saturated rings. The number of carbonyl (C=O) groups excluding carboxylic acids is 1. The fourth-order valence-corrected chi connectivity index (χ4v) is 2.35. The Balaban J connectivity index is 1.99. The van der Waals surface area contributed by atoms with Crippen molar-refractivity contribution in [3.05, 3.63) is 59.7 Å². The van der Waals surface area contributed by atoms with Crippen molar-refractivity contribution in [3.8, 4) is 11.5 Å². The van der Waals surface area contributed by atoms with Gasteiger partial charge in [0.15, 0.2) is 6.10 Å². The van der Waals surface area contributed by atoms with E-state index in [9.17, 15) is 15.0 Å². The van der Waals surface area contributed by atoms with Crippen molar-refractivity contribution in [2.24, 2.45) is 0 Å². The average molecular weight is 286 g/mol. The van der Waals surface area contributed by atoms with Gasteiger partial charge in [-0.25, -0.2) is 0 Å². The molecule has 21 heavy (non-hydrogen) atoms. The van der Waals surface area contributed by atoms with Crippen molar-refractivity contribution < 1.29 is 24.5 Å². The van der Waals surface area contributed by atoms with Gasteiger partial charge in [-0.05, 0) is 17.7 Å². The number of ether oxygens (including phenoxy) is 2. The van der Waals surface area contributed by atoms with Crippen LogP contribution in [0.2, 0.25) is 0 Å². The molecule has 2 N–H and O–H groups in total. The highest BCUT2D eigenvalue weighted by atomic mass is 16.6. The Hall–Kier alpha value is -2.37. The summed E-state index contributed by atoms with van der Waals surface area (Å²) in [6.45, 7) is 0. The zero-order chi connectivity index (χ0) is 15.0. The van der Waals surface area contributed by atoms with Crippen molar-refractivity contribution >= 4 is 5.78 Å². The molecule has 0 bridgehead atoms. The van der Waals surface area contributed by atoms with Gasteiger partial charge in [0.2, 0.25) is 5.78 Å². The van der Waals surface area contributed by atoms with Crippen LogP contribution in [0, 0.1) is 0 Å². The molecule has 2 aromatic rings. The summed E-state index contributed by atoms with van der Waals surface area (Å²) in [5.41, 5.74) is 0.612. The van der Waals surface area contributed by atoms with Gasteiger partial charge in [0.05, 0.1) is 12.7 Å². The first-order valence-electron chi connectivity index (χ1n) is 6.43. The van der Waals surface area contributed by atoms with Crippen LogP contribution in [0.4, 0.5) is 0 Å².